The van der Waals surface area contributed by atoms with Gasteiger partial charge in [-0.15, -0.1) is 0 Å². The monoisotopic (exact) mass is 189 g/mol. The molecule has 13 heavy (non-hydrogen) atoms. The van der Waals surface area contributed by atoms with E-state index >= 15 is 0 Å². The first-order valence-electron chi connectivity index (χ1n) is 4.89. The van der Waals surface area contributed by atoms with Crippen molar-refractivity contribution in [1.29, 1.82) is 0 Å². The van der Waals surface area contributed by atoms with Crippen molar-refractivity contribution in [2.24, 2.45) is 5.92 Å². The topological polar surface area (TPSA) is 49.3 Å². The summed E-state index contributed by atoms with van der Waals surface area (Å²) in [5.41, 5.74) is 0. The third kappa shape index (κ3) is 11.4. The maximum Gasteiger partial charge on any atom is 0.216 e. The van der Waals surface area contributed by atoms with E-state index in [1.165, 1.54) is 12.8 Å². The van der Waals surface area contributed by atoms with Gasteiger partial charge in [0.05, 0.1) is 0 Å². The summed E-state index contributed by atoms with van der Waals surface area (Å²) in [6.07, 6.45) is 3.59. The smallest absolute Gasteiger partial charge is 0.216 e. The first kappa shape index (κ1) is 14.9. The maximum atomic E-state index is 10.6. The fraction of sp³-hybridized carbons (Fsp3) is 0.900. The molecule has 0 saturated carbocycles. The van der Waals surface area contributed by atoms with E-state index in [4.69, 9.17) is 5.11 Å². The van der Waals surface area contributed by atoms with E-state index in [0.29, 0.717) is 5.92 Å². The van der Waals surface area contributed by atoms with E-state index < -0.39 is 0 Å². The molecular weight excluding hydrogens is 166 g/mol. The van der Waals surface area contributed by atoms with Gasteiger partial charge >= 0.3 is 0 Å². The molecule has 0 aromatic heterocycles. The van der Waals surface area contributed by atoms with Crippen molar-refractivity contribution < 1.29 is 9.90 Å². The van der Waals surface area contributed by atoms with Gasteiger partial charge in [0.1, 0.15) is 0 Å². The molecule has 0 fully saturated rings. The van der Waals surface area contributed by atoms with Crippen LogP contribution in [0.4, 0.5) is 0 Å². The predicted molar refractivity (Wildman–Crippen MR) is 55.5 cm³/mol. The summed E-state index contributed by atoms with van der Waals surface area (Å²) in [7, 11) is 1.00. The fourth-order valence-electron chi connectivity index (χ4n) is 1.15. The third-order valence-electron chi connectivity index (χ3n) is 1.91. The van der Waals surface area contributed by atoms with Gasteiger partial charge in [-0.1, -0.05) is 26.7 Å². The number of hydrogen-bond acceptors (Lipinski definition) is 2. The molecule has 2 N–H and O–H groups in total. The Morgan fingerprint density at radius 2 is 1.92 bits per heavy atom. The van der Waals surface area contributed by atoms with Crippen molar-refractivity contribution in [3.8, 4) is 0 Å². The lowest BCUT2D eigenvalue weighted by molar-refractivity contribution is -0.119. The number of aliphatic hydroxyl groups is 1. The highest BCUT2D eigenvalue weighted by atomic mass is 16.2. The van der Waals surface area contributed by atoms with Crippen molar-refractivity contribution in [2.75, 3.05) is 13.7 Å². The maximum absolute atomic E-state index is 10.6. The number of carbonyl (C=O) groups excluding carboxylic acids is 1. The molecule has 0 saturated heterocycles. The molecule has 1 atom stereocenters. The second kappa shape index (κ2) is 11.4. The molecule has 0 aromatic carbocycles. The number of nitrogens with one attached hydrogen (secondary N) is 1. The van der Waals surface area contributed by atoms with Crippen LogP contribution in [0.1, 0.15) is 40.0 Å². The van der Waals surface area contributed by atoms with Crippen molar-refractivity contribution in [1.82, 2.24) is 5.32 Å². The molecule has 80 valence electrons. The highest BCUT2D eigenvalue weighted by Crippen LogP contribution is 2.08. The minimum absolute atomic E-state index is 0.0829. The number of amides is 1. The molecule has 0 bridgehead atoms. The molecule has 1 unspecified atom stereocenters. The summed E-state index contributed by atoms with van der Waals surface area (Å²) < 4.78 is 0. The standard InChI is InChI=1S/C9H19NO.CH4O/c1-4-6-9(5-2)7-10-8(3)11;1-2/h9H,4-7H2,1-3H3,(H,10,11);2H,1H3. The van der Waals surface area contributed by atoms with Crippen molar-refractivity contribution in [2.45, 2.75) is 40.0 Å². The first-order valence-corrected chi connectivity index (χ1v) is 4.89. The summed E-state index contributed by atoms with van der Waals surface area (Å²) in [6.45, 7) is 6.76. The molecule has 3 nitrogen and oxygen atoms in total. The predicted octanol–water partition coefficient (Wildman–Crippen LogP) is 1.56. The lowest BCUT2D eigenvalue weighted by Crippen LogP contribution is -2.26. The van der Waals surface area contributed by atoms with E-state index in [-0.39, 0.29) is 5.91 Å². The van der Waals surface area contributed by atoms with Crippen LogP contribution >= 0.6 is 0 Å². The van der Waals surface area contributed by atoms with E-state index in [9.17, 15) is 4.79 Å². The van der Waals surface area contributed by atoms with Crippen LogP contribution in [0.15, 0.2) is 0 Å². The Morgan fingerprint density at radius 3 is 2.23 bits per heavy atom. The highest BCUT2D eigenvalue weighted by Gasteiger charge is 2.04. The molecule has 0 spiro atoms. The van der Waals surface area contributed by atoms with Gasteiger partial charge in [0.15, 0.2) is 0 Å². The quantitative estimate of drug-likeness (QED) is 0.689. The van der Waals surface area contributed by atoms with Crippen LogP contribution in [0.2, 0.25) is 0 Å². The third-order valence-corrected chi connectivity index (χ3v) is 1.91. The van der Waals surface area contributed by atoms with E-state index in [0.717, 1.165) is 20.1 Å². The Balaban J connectivity index is 0. The van der Waals surface area contributed by atoms with Crippen LogP contribution in [0.5, 0.6) is 0 Å². The van der Waals surface area contributed by atoms with Gasteiger partial charge in [-0.2, -0.15) is 0 Å². The van der Waals surface area contributed by atoms with Gasteiger partial charge in [0.25, 0.3) is 0 Å². The number of hydrogen-bond donors (Lipinski definition) is 2. The molecule has 0 heterocycles. The minimum Gasteiger partial charge on any atom is -0.400 e. The second-order valence-corrected chi connectivity index (χ2v) is 3.00. The summed E-state index contributed by atoms with van der Waals surface area (Å²) >= 11 is 0. The van der Waals surface area contributed by atoms with Crippen LogP contribution < -0.4 is 5.32 Å². The Kier molecular flexibility index (Phi) is 13.1. The van der Waals surface area contributed by atoms with Crippen molar-refractivity contribution >= 4 is 5.91 Å². The van der Waals surface area contributed by atoms with Gasteiger partial charge in [-0.05, 0) is 12.3 Å². The summed E-state index contributed by atoms with van der Waals surface area (Å²) in [5, 5.41) is 9.84. The molecule has 0 aliphatic carbocycles. The molecule has 0 radical (unpaired) electrons. The normalized spacial score (nSPS) is 11.2. The average Bonchev–Trinajstić information content (AvgIpc) is 2.15. The average molecular weight is 189 g/mol. The number of aliphatic hydroxyl groups excluding tert-OH is 1. The van der Waals surface area contributed by atoms with Gasteiger partial charge < -0.3 is 10.4 Å². The summed E-state index contributed by atoms with van der Waals surface area (Å²) in [6, 6.07) is 0. The number of carbonyl (C=O) groups is 1. The van der Waals surface area contributed by atoms with E-state index in [2.05, 4.69) is 19.2 Å². The van der Waals surface area contributed by atoms with Crippen molar-refractivity contribution in [3.05, 3.63) is 0 Å². The fourth-order valence-corrected chi connectivity index (χ4v) is 1.15. The Bertz CT molecular complexity index is 115. The first-order chi connectivity index (χ1) is 6.20. The van der Waals surface area contributed by atoms with Crippen LogP contribution in [0.3, 0.4) is 0 Å². The highest BCUT2D eigenvalue weighted by molar-refractivity contribution is 5.72. The van der Waals surface area contributed by atoms with Crippen LogP contribution in [-0.2, 0) is 4.79 Å². The van der Waals surface area contributed by atoms with E-state index in [1.807, 2.05) is 0 Å². The molecule has 0 aromatic rings. The summed E-state index contributed by atoms with van der Waals surface area (Å²) in [5.74, 6) is 0.753. The van der Waals surface area contributed by atoms with Crippen LogP contribution in [0, 0.1) is 5.92 Å². The molecule has 0 rings (SSSR count). The Labute approximate surface area is 81.5 Å². The van der Waals surface area contributed by atoms with Crippen molar-refractivity contribution in [3.63, 3.8) is 0 Å². The SMILES string of the molecule is CCCC(CC)CNC(C)=O.CO. The Morgan fingerprint density at radius 1 is 1.38 bits per heavy atom. The molecule has 3 heteroatoms. The Hall–Kier alpha value is -0.570. The molecule has 0 aliphatic heterocycles. The van der Waals surface area contributed by atoms with Crippen LogP contribution in [0.25, 0.3) is 0 Å². The molecular formula is C10H23NO2. The van der Waals surface area contributed by atoms with E-state index in [1.54, 1.807) is 6.92 Å². The minimum atomic E-state index is 0.0829. The largest absolute Gasteiger partial charge is 0.400 e. The zero-order valence-electron chi connectivity index (χ0n) is 9.26. The van der Waals surface area contributed by atoms with Gasteiger partial charge in [0, 0.05) is 20.6 Å². The molecule has 1 amide bonds. The van der Waals surface area contributed by atoms with Gasteiger partial charge in [-0.3, -0.25) is 4.79 Å². The zero-order valence-corrected chi connectivity index (χ0v) is 9.26. The van der Waals surface area contributed by atoms with Crippen LogP contribution in [-0.4, -0.2) is 24.7 Å². The second-order valence-electron chi connectivity index (χ2n) is 3.00. The lowest BCUT2D eigenvalue weighted by Gasteiger charge is -2.13. The summed E-state index contributed by atoms with van der Waals surface area (Å²) in [4.78, 5) is 10.6. The molecule has 0 aliphatic rings. The van der Waals surface area contributed by atoms with Gasteiger partial charge in [-0.25, -0.2) is 0 Å². The zero-order chi connectivity index (χ0) is 10.7. The number of rotatable bonds is 5. The van der Waals surface area contributed by atoms with Gasteiger partial charge in [0.2, 0.25) is 5.91 Å². The lowest BCUT2D eigenvalue weighted by atomic mass is 10.0.